The lowest BCUT2D eigenvalue weighted by Crippen LogP contribution is -2.46. The molecule has 0 radical (unpaired) electrons. The van der Waals surface area contributed by atoms with Crippen molar-refractivity contribution in [3.63, 3.8) is 0 Å². The number of aliphatic imine (C=N–C) groups is 1. The first-order valence-corrected chi connectivity index (χ1v) is 10.2. The second-order valence-electron chi connectivity index (χ2n) is 7.11. The van der Waals surface area contributed by atoms with Gasteiger partial charge in [0, 0.05) is 52.9 Å². The minimum absolute atomic E-state index is 0.145. The molecule has 2 rings (SSSR count). The molecular weight excluding hydrogens is 332 g/mol. The van der Waals surface area contributed by atoms with E-state index in [1.165, 1.54) is 0 Å². The molecule has 2 saturated heterocycles. The van der Waals surface area contributed by atoms with Crippen LogP contribution in [0.3, 0.4) is 0 Å². The summed E-state index contributed by atoms with van der Waals surface area (Å²) in [6.07, 6.45) is 6.23. The van der Waals surface area contributed by atoms with Gasteiger partial charge in [0.15, 0.2) is 5.96 Å². The van der Waals surface area contributed by atoms with Gasteiger partial charge in [0.25, 0.3) is 0 Å². The maximum Gasteiger partial charge on any atom is 0.220 e. The van der Waals surface area contributed by atoms with Crippen LogP contribution in [0.2, 0.25) is 0 Å². The molecule has 0 saturated carbocycles. The standard InChI is InChI=1S/C19H36N4O3/c1-3-21-19(22-9-5-12-25-15-17-6-4-13-26-17)23-10-7-16(8-11-23)14-18(24)20-2/h16-17H,3-15H2,1-2H3,(H,20,24)(H,21,22). The summed E-state index contributed by atoms with van der Waals surface area (Å²) < 4.78 is 11.3. The highest BCUT2D eigenvalue weighted by Gasteiger charge is 2.23. The van der Waals surface area contributed by atoms with Gasteiger partial charge in [0.1, 0.15) is 0 Å². The van der Waals surface area contributed by atoms with Crippen molar-refractivity contribution in [3.8, 4) is 0 Å². The lowest BCUT2D eigenvalue weighted by atomic mass is 9.93. The Balaban J connectivity index is 1.65. The first kappa shape index (κ1) is 21.0. The van der Waals surface area contributed by atoms with E-state index in [1.54, 1.807) is 7.05 Å². The fraction of sp³-hybridized carbons (Fsp3) is 0.895. The molecule has 7 nitrogen and oxygen atoms in total. The number of amides is 1. The van der Waals surface area contributed by atoms with Gasteiger partial charge in [-0.25, -0.2) is 0 Å². The van der Waals surface area contributed by atoms with Gasteiger partial charge in [-0.3, -0.25) is 9.79 Å². The molecule has 0 aromatic carbocycles. The molecule has 0 bridgehead atoms. The number of piperidine rings is 1. The molecule has 1 amide bonds. The van der Waals surface area contributed by atoms with Crippen LogP contribution in [-0.2, 0) is 14.3 Å². The highest BCUT2D eigenvalue weighted by atomic mass is 16.5. The maximum atomic E-state index is 11.5. The fourth-order valence-corrected chi connectivity index (χ4v) is 3.48. The van der Waals surface area contributed by atoms with Gasteiger partial charge in [0.2, 0.25) is 5.91 Å². The number of likely N-dealkylation sites (tertiary alicyclic amines) is 1. The molecule has 2 fully saturated rings. The number of guanidine groups is 1. The Morgan fingerprint density at radius 3 is 2.77 bits per heavy atom. The van der Waals surface area contributed by atoms with Crippen LogP contribution in [0.4, 0.5) is 0 Å². The van der Waals surface area contributed by atoms with Gasteiger partial charge in [-0.05, 0) is 44.9 Å². The molecule has 26 heavy (non-hydrogen) atoms. The fourth-order valence-electron chi connectivity index (χ4n) is 3.48. The molecule has 2 N–H and O–H groups in total. The largest absolute Gasteiger partial charge is 0.379 e. The first-order chi connectivity index (χ1) is 12.7. The smallest absolute Gasteiger partial charge is 0.220 e. The van der Waals surface area contributed by atoms with Crippen LogP contribution < -0.4 is 10.6 Å². The molecule has 0 spiro atoms. The quantitative estimate of drug-likeness (QED) is 0.365. The molecule has 1 unspecified atom stereocenters. The molecule has 2 heterocycles. The first-order valence-electron chi connectivity index (χ1n) is 10.2. The Morgan fingerprint density at radius 2 is 2.12 bits per heavy atom. The number of rotatable bonds is 9. The number of hydrogen-bond acceptors (Lipinski definition) is 4. The van der Waals surface area contributed by atoms with Crippen molar-refractivity contribution < 1.29 is 14.3 Å². The van der Waals surface area contributed by atoms with E-state index in [-0.39, 0.29) is 5.91 Å². The van der Waals surface area contributed by atoms with Crippen molar-refractivity contribution in [2.75, 3.05) is 53.0 Å². The van der Waals surface area contributed by atoms with E-state index in [0.29, 0.717) is 25.0 Å². The molecular formula is C19H36N4O3. The van der Waals surface area contributed by atoms with E-state index in [4.69, 9.17) is 14.5 Å². The molecule has 7 heteroatoms. The van der Waals surface area contributed by atoms with Gasteiger partial charge in [-0.15, -0.1) is 0 Å². The molecule has 150 valence electrons. The summed E-state index contributed by atoms with van der Waals surface area (Å²) in [6.45, 7) is 7.98. The van der Waals surface area contributed by atoms with E-state index in [1.807, 2.05) is 0 Å². The topological polar surface area (TPSA) is 75.2 Å². The number of carbonyl (C=O) groups is 1. The summed E-state index contributed by atoms with van der Waals surface area (Å²) in [6, 6.07) is 0. The highest BCUT2D eigenvalue weighted by Crippen LogP contribution is 2.20. The van der Waals surface area contributed by atoms with Crippen LogP contribution >= 0.6 is 0 Å². The molecule has 0 aromatic rings. The van der Waals surface area contributed by atoms with E-state index < -0.39 is 0 Å². The Kier molecular flexibility index (Phi) is 9.77. The van der Waals surface area contributed by atoms with E-state index in [0.717, 1.165) is 77.5 Å². The Morgan fingerprint density at radius 1 is 1.31 bits per heavy atom. The highest BCUT2D eigenvalue weighted by molar-refractivity contribution is 5.80. The normalized spacial score (nSPS) is 21.8. The summed E-state index contributed by atoms with van der Waals surface area (Å²) in [4.78, 5) is 18.6. The zero-order valence-corrected chi connectivity index (χ0v) is 16.5. The Hall–Kier alpha value is -1.34. The average molecular weight is 369 g/mol. The van der Waals surface area contributed by atoms with E-state index >= 15 is 0 Å². The third-order valence-corrected chi connectivity index (χ3v) is 5.04. The number of hydrogen-bond donors (Lipinski definition) is 2. The van der Waals surface area contributed by atoms with Crippen molar-refractivity contribution in [2.45, 2.75) is 51.6 Å². The lowest BCUT2D eigenvalue weighted by Gasteiger charge is -2.34. The minimum Gasteiger partial charge on any atom is -0.379 e. The summed E-state index contributed by atoms with van der Waals surface area (Å²) in [5.74, 6) is 1.62. The van der Waals surface area contributed by atoms with Gasteiger partial charge < -0.3 is 25.0 Å². The van der Waals surface area contributed by atoms with Gasteiger partial charge in [-0.2, -0.15) is 0 Å². The predicted molar refractivity (Wildman–Crippen MR) is 103 cm³/mol. The zero-order chi connectivity index (χ0) is 18.6. The van der Waals surface area contributed by atoms with Gasteiger partial charge in [0.05, 0.1) is 12.7 Å². The van der Waals surface area contributed by atoms with Crippen LogP contribution in [0, 0.1) is 5.92 Å². The maximum absolute atomic E-state index is 11.5. The number of nitrogens with zero attached hydrogens (tertiary/aromatic N) is 2. The molecule has 2 aliphatic heterocycles. The SMILES string of the molecule is CCNC(=NCCCOCC1CCCO1)N1CCC(CC(=O)NC)CC1. The molecule has 1 atom stereocenters. The monoisotopic (exact) mass is 368 g/mol. The van der Waals surface area contributed by atoms with Crippen LogP contribution in [-0.4, -0.2) is 75.9 Å². The third-order valence-electron chi connectivity index (χ3n) is 5.04. The molecule has 0 aliphatic carbocycles. The van der Waals surface area contributed by atoms with Crippen LogP contribution in [0.15, 0.2) is 4.99 Å². The van der Waals surface area contributed by atoms with Gasteiger partial charge >= 0.3 is 0 Å². The number of nitrogens with one attached hydrogen (secondary N) is 2. The van der Waals surface area contributed by atoms with Crippen molar-refractivity contribution in [3.05, 3.63) is 0 Å². The van der Waals surface area contributed by atoms with Gasteiger partial charge in [-0.1, -0.05) is 0 Å². The van der Waals surface area contributed by atoms with Crippen molar-refractivity contribution in [2.24, 2.45) is 10.9 Å². The van der Waals surface area contributed by atoms with Crippen molar-refractivity contribution in [1.82, 2.24) is 15.5 Å². The minimum atomic E-state index is 0.145. The van der Waals surface area contributed by atoms with Crippen molar-refractivity contribution in [1.29, 1.82) is 0 Å². The van der Waals surface area contributed by atoms with Crippen LogP contribution in [0.5, 0.6) is 0 Å². The summed E-state index contributed by atoms with van der Waals surface area (Å²) >= 11 is 0. The number of carbonyl (C=O) groups excluding carboxylic acids is 1. The van der Waals surface area contributed by atoms with E-state index in [9.17, 15) is 4.79 Å². The third kappa shape index (κ3) is 7.50. The summed E-state index contributed by atoms with van der Waals surface area (Å²) in [5, 5.41) is 6.11. The summed E-state index contributed by atoms with van der Waals surface area (Å²) in [7, 11) is 1.71. The zero-order valence-electron chi connectivity index (χ0n) is 16.5. The number of ether oxygens (including phenoxy) is 2. The van der Waals surface area contributed by atoms with Crippen molar-refractivity contribution >= 4 is 11.9 Å². The molecule has 0 aromatic heterocycles. The Labute approximate surface area is 157 Å². The Bertz CT molecular complexity index is 431. The second-order valence-corrected chi connectivity index (χ2v) is 7.11. The lowest BCUT2D eigenvalue weighted by molar-refractivity contribution is -0.121. The van der Waals surface area contributed by atoms with E-state index in [2.05, 4.69) is 22.5 Å². The van der Waals surface area contributed by atoms with Crippen LogP contribution in [0.25, 0.3) is 0 Å². The second kappa shape index (κ2) is 12.1. The van der Waals surface area contributed by atoms with Crippen LogP contribution in [0.1, 0.15) is 45.4 Å². The summed E-state index contributed by atoms with van der Waals surface area (Å²) in [5.41, 5.74) is 0. The predicted octanol–water partition coefficient (Wildman–Crippen LogP) is 1.39. The molecule has 2 aliphatic rings. The average Bonchev–Trinajstić information content (AvgIpc) is 3.17.